The Bertz CT molecular complexity index is 1800. The summed E-state index contributed by atoms with van der Waals surface area (Å²) in [6.07, 6.45) is -6.82. The fourth-order valence-electron chi connectivity index (χ4n) is 4.86. The molecule has 0 aliphatic rings. The monoisotopic (exact) mass is 732 g/mol. The van der Waals surface area contributed by atoms with Gasteiger partial charge in [-0.15, -0.1) is 0 Å². The molecule has 0 saturated carbocycles. The van der Waals surface area contributed by atoms with Crippen molar-refractivity contribution in [2.75, 3.05) is 0 Å². The SMILES string of the molecule is FC(F)(F)c1ccccc1C=Nc1ccc(C(c2ccc(Br)cc2)c2ccc(N=Cc3ccccc3C(F)(F)F)c(Cl)c2)cc1Cl. The van der Waals surface area contributed by atoms with Crippen molar-refractivity contribution in [1.82, 2.24) is 0 Å². The maximum Gasteiger partial charge on any atom is 0.417 e. The molecule has 0 fully saturated rings. The van der Waals surface area contributed by atoms with Crippen molar-refractivity contribution >= 4 is 62.9 Å². The lowest BCUT2D eigenvalue weighted by Gasteiger charge is -2.20. The second kappa shape index (κ2) is 13.8. The van der Waals surface area contributed by atoms with Gasteiger partial charge in [0.15, 0.2) is 0 Å². The zero-order chi connectivity index (χ0) is 33.1. The summed E-state index contributed by atoms with van der Waals surface area (Å²) >= 11 is 16.6. The van der Waals surface area contributed by atoms with Crippen molar-refractivity contribution in [2.24, 2.45) is 9.98 Å². The van der Waals surface area contributed by atoms with Crippen LogP contribution in [0.4, 0.5) is 37.7 Å². The Morgan fingerprint density at radius 1 is 0.543 bits per heavy atom. The molecule has 0 atom stereocenters. The number of nitrogens with zero attached hydrogens (tertiary/aromatic N) is 2. The molecule has 0 aliphatic carbocycles. The lowest BCUT2D eigenvalue weighted by atomic mass is 9.85. The maximum absolute atomic E-state index is 13.4. The normalized spacial score (nSPS) is 13.1. The first-order valence-electron chi connectivity index (χ1n) is 13.6. The molecular weight excluding hydrogens is 713 g/mol. The molecule has 0 bridgehead atoms. The molecule has 234 valence electrons. The maximum atomic E-state index is 13.4. The van der Waals surface area contributed by atoms with Crippen LogP contribution in [-0.4, -0.2) is 12.4 Å². The van der Waals surface area contributed by atoms with E-state index >= 15 is 0 Å². The summed E-state index contributed by atoms with van der Waals surface area (Å²) in [6, 6.07) is 27.9. The Hall–Kier alpha value is -3.92. The Morgan fingerprint density at radius 3 is 1.33 bits per heavy atom. The van der Waals surface area contributed by atoms with E-state index in [2.05, 4.69) is 25.9 Å². The zero-order valence-corrected chi connectivity index (χ0v) is 26.5. The van der Waals surface area contributed by atoms with Crippen LogP contribution in [0, 0.1) is 0 Å². The van der Waals surface area contributed by atoms with Crippen LogP contribution in [-0.2, 0) is 12.4 Å². The molecule has 11 heteroatoms. The summed E-state index contributed by atoms with van der Waals surface area (Å²) in [6.45, 7) is 0. The highest BCUT2D eigenvalue weighted by atomic mass is 79.9. The zero-order valence-electron chi connectivity index (χ0n) is 23.4. The Morgan fingerprint density at radius 2 is 0.935 bits per heavy atom. The highest BCUT2D eigenvalue weighted by Gasteiger charge is 2.33. The Kier molecular flexibility index (Phi) is 10.1. The third kappa shape index (κ3) is 7.89. The minimum Gasteiger partial charge on any atom is -0.255 e. The first-order chi connectivity index (χ1) is 21.8. The molecule has 0 unspecified atom stereocenters. The van der Waals surface area contributed by atoms with Crippen LogP contribution in [0.5, 0.6) is 0 Å². The summed E-state index contributed by atoms with van der Waals surface area (Å²) in [5.74, 6) is -0.393. The van der Waals surface area contributed by atoms with E-state index in [9.17, 15) is 26.3 Å². The van der Waals surface area contributed by atoms with Gasteiger partial charge >= 0.3 is 12.4 Å². The van der Waals surface area contributed by atoms with Crippen LogP contribution in [0.2, 0.25) is 10.0 Å². The number of benzene rings is 5. The van der Waals surface area contributed by atoms with E-state index in [0.29, 0.717) is 0 Å². The topological polar surface area (TPSA) is 24.7 Å². The molecule has 0 saturated heterocycles. The molecule has 0 aromatic heterocycles. The molecule has 0 aliphatic heterocycles. The van der Waals surface area contributed by atoms with E-state index in [4.69, 9.17) is 23.2 Å². The van der Waals surface area contributed by atoms with Crippen LogP contribution >= 0.6 is 39.1 Å². The molecule has 2 nitrogen and oxygen atoms in total. The van der Waals surface area contributed by atoms with Crippen LogP contribution in [0.25, 0.3) is 0 Å². The van der Waals surface area contributed by atoms with Crippen molar-refractivity contribution < 1.29 is 26.3 Å². The highest BCUT2D eigenvalue weighted by Crippen LogP contribution is 2.40. The van der Waals surface area contributed by atoms with Gasteiger partial charge in [0.25, 0.3) is 0 Å². The summed E-state index contributed by atoms with van der Waals surface area (Å²) in [5.41, 5.74) is 1.11. The molecular formula is C35H21BrCl2F6N2. The van der Waals surface area contributed by atoms with Crippen molar-refractivity contribution in [2.45, 2.75) is 18.3 Å². The van der Waals surface area contributed by atoms with Gasteiger partial charge in [-0.25, -0.2) is 0 Å². The van der Waals surface area contributed by atoms with Gasteiger partial charge in [-0.2, -0.15) is 26.3 Å². The lowest BCUT2D eigenvalue weighted by molar-refractivity contribution is -0.138. The van der Waals surface area contributed by atoms with Gasteiger partial charge < -0.3 is 0 Å². The van der Waals surface area contributed by atoms with E-state index in [1.54, 1.807) is 36.4 Å². The molecule has 0 amide bonds. The Balaban J connectivity index is 1.49. The molecule has 5 aromatic rings. The number of rotatable bonds is 7. The average Bonchev–Trinajstić information content (AvgIpc) is 3.01. The van der Waals surface area contributed by atoms with E-state index in [0.717, 1.165) is 45.7 Å². The molecule has 5 aromatic carbocycles. The third-order valence-electron chi connectivity index (χ3n) is 7.03. The second-order valence-corrected chi connectivity index (χ2v) is 11.8. The van der Waals surface area contributed by atoms with E-state index in [1.807, 2.05) is 24.3 Å². The third-order valence-corrected chi connectivity index (χ3v) is 8.17. The molecule has 0 spiro atoms. The molecule has 0 N–H and O–H groups in total. The van der Waals surface area contributed by atoms with E-state index in [-0.39, 0.29) is 32.5 Å². The van der Waals surface area contributed by atoms with E-state index < -0.39 is 29.4 Å². The smallest absolute Gasteiger partial charge is 0.255 e. The molecule has 46 heavy (non-hydrogen) atoms. The van der Waals surface area contributed by atoms with Crippen LogP contribution in [0.1, 0.15) is 44.9 Å². The van der Waals surface area contributed by atoms with Gasteiger partial charge in [-0.1, -0.05) is 99.8 Å². The van der Waals surface area contributed by atoms with Crippen molar-refractivity contribution in [3.05, 3.63) is 163 Å². The quantitative estimate of drug-likeness (QED) is 0.0904. The summed E-state index contributed by atoms with van der Waals surface area (Å²) in [4.78, 5) is 8.46. The van der Waals surface area contributed by atoms with Crippen molar-refractivity contribution in [3.8, 4) is 0 Å². The highest BCUT2D eigenvalue weighted by molar-refractivity contribution is 9.10. The van der Waals surface area contributed by atoms with Crippen LogP contribution in [0.3, 0.4) is 0 Å². The number of alkyl halides is 6. The van der Waals surface area contributed by atoms with Gasteiger partial charge in [0, 0.05) is 33.9 Å². The van der Waals surface area contributed by atoms with Gasteiger partial charge in [-0.05, 0) is 65.2 Å². The fraction of sp³-hybridized carbons (Fsp3) is 0.0857. The first-order valence-corrected chi connectivity index (χ1v) is 15.1. The predicted molar refractivity (Wildman–Crippen MR) is 175 cm³/mol. The standard InChI is InChI=1S/C35H21BrCl2F6N2/c36-26-13-9-21(10-14-26)33(22-11-15-31(29(37)17-22)45-19-24-5-1-3-7-27(24)34(39,40)41)23-12-16-32(30(38)18-23)46-20-25-6-2-4-8-28(25)35(42,43)44/h1-20,33H. The molecule has 0 radical (unpaired) electrons. The largest absolute Gasteiger partial charge is 0.417 e. The molecule has 5 rings (SSSR count). The number of halogens is 9. The summed E-state index contributed by atoms with van der Waals surface area (Å²) < 4.78 is 81.4. The predicted octanol–water partition coefficient (Wildman–Crippen LogP) is 12.5. The van der Waals surface area contributed by atoms with Crippen LogP contribution < -0.4 is 0 Å². The average molecular weight is 734 g/mol. The van der Waals surface area contributed by atoms with Crippen LogP contribution in [0.15, 0.2) is 124 Å². The Labute approximate surface area is 279 Å². The van der Waals surface area contributed by atoms with Crippen molar-refractivity contribution in [3.63, 3.8) is 0 Å². The van der Waals surface area contributed by atoms with Crippen molar-refractivity contribution in [1.29, 1.82) is 0 Å². The summed E-state index contributed by atoms with van der Waals surface area (Å²) in [7, 11) is 0. The van der Waals surface area contributed by atoms with Gasteiger partial charge in [0.05, 0.1) is 32.5 Å². The van der Waals surface area contributed by atoms with Gasteiger partial charge in [0.1, 0.15) is 0 Å². The first kappa shape index (κ1) is 33.4. The minimum absolute atomic E-state index is 0.0952. The van der Waals surface area contributed by atoms with E-state index in [1.165, 1.54) is 36.4 Å². The summed E-state index contributed by atoms with van der Waals surface area (Å²) in [5, 5.41) is 0.437. The minimum atomic E-state index is -4.54. The number of aliphatic imine (C=N–C) groups is 2. The second-order valence-electron chi connectivity index (χ2n) is 10.1. The van der Waals surface area contributed by atoms with Gasteiger partial charge in [-0.3, -0.25) is 9.98 Å². The number of hydrogen-bond acceptors (Lipinski definition) is 2. The fourth-order valence-corrected chi connectivity index (χ4v) is 5.60. The van der Waals surface area contributed by atoms with Gasteiger partial charge in [0.2, 0.25) is 0 Å². The molecule has 0 heterocycles. The number of hydrogen-bond donors (Lipinski definition) is 0. The lowest BCUT2D eigenvalue weighted by Crippen LogP contribution is -2.08.